The molecule has 1 aromatic carbocycles. The average molecular weight is 238 g/mol. The van der Waals surface area contributed by atoms with Gasteiger partial charge in [0.25, 0.3) is 5.89 Å². The number of aromatic nitrogens is 2. The first-order valence-electron chi connectivity index (χ1n) is 5.09. The summed E-state index contributed by atoms with van der Waals surface area (Å²) >= 11 is 5.92. The maximum absolute atomic E-state index is 5.92. The minimum atomic E-state index is 0.420. The molecule has 1 aromatic heterocycles. The Balaban J connectivity index is 2.39. The van der Waals surface area contributed by atoms with Gasteiger partial charge in [-0.05, 0) is 18.6 Å². The minimum absolute atomic E-state index is 0.420. The van der Waals surface area contributed by atoms with Crippen LogP contribution in [0.2, 0.25) is 5.02 Å². The highest BCUT2D eigenvalue weighted by Crippen LogP contribution is 2.30. The van der Waals surface area contributed by atoms with Crippen LogP contribution in [0, 0.1) is 0 Å². The second-order valence-electron chi connectivity index (χ2n) is 3.47. The van der Waals surface area contributed by atoms with Gasteiger partial charge in [0.05, 0.1) is 16.3 Å². The molecular formula is C11H12ClN3O. The van der Waals surface area contributed by atoms with Gasteiger partial charge in [-0.2, -0.15) is 4.98 Å². The molecule has 0 bridgehead atoms. The van der Waals surface area contributed by atoms with Crippen molar-refractivity contribution >= 4 is 17.3 Å². The van der Waals surface area contributed by atoms with E-state index in [-0.39, 0.29) is 0 Å². The van der Waals surface area contributed by atoms with Crippen LogP contribution in [0.25, 0.3) is 11.5 Å². The summed E-state index contributed by atoms with van der Waals surface area (Å²) in [6.45, 7) is 2.06. The van der Waals surface area contributed by atoms with Gasteiger partial charge in [-0.25, -0.2) is 0 Å². The van der Waals surface area contributed by atoms with Crippen LogP contribution in [0.15, 0.2) is 22.7 Å². The number of aryl methyl sites for hydroxylation is 1. The van der Waals surface area contributed by atoms with Gasteiger partial charge < -0.3 is 10.3 Å². The van der Waals surface area contributed by atoms with Crippen molar-refractivity contribution in [3.05, 3.63) is 29.0 Å². The van der Waals surface area contributed by atoms with E-state index in [0.29, 0.717) is 28.0 Å². The third-order valence-corrected chi connectivity index (χ3v) is 2.55. The third kappa shape index (κ3) is 2.02. The summed E-state index contributed by atoms with van der Waals surface area (Å²) < 4.78 is 5.14. The Labute approximate surface area is 98.4 Å². The number of hydrogen-bond acceptors (Lipinski definition) is 4. The van der Waals surface area contributed by atoms with Crippen molar-refractivity contribution in [3.63, 3.8) is 0 Å². The number of anilines is 1. The molecule has 16 heavy (non-hydrogen) atoms. The zero-order valence-corrected chi connectivity index (χ0v) is 9.66. The number of nitrogen functional groups attached to an aromatic ring is 1. The molecule has 5 heteroatoms. The van der Waals surface area contributed by atoms with Crippen molar-refractivity contribution in [1.29, 1.82) is 0 Å². The Bertz CT molecular complexity index is 496. The summed E-state index contributed by atoms with van der Waals surface area (Å²) in [7, 11) is 0. The molecule has 2 rings (SSSR count). The number of rotatable bonds is 3. The van der Waals surface area contributed by atoms with Crippen LogP contribution >= 0.6 is 11.6 Å². The van der Waals surface area contributed by atoms with Crippen LogP contribution in [0.1, 0.15) is 19.2 Å². The highest BCUT2D eigenvalue weighted by atomic mass is 35.5. The number of para-hydroxylation sites is 1. The summed E-state index contributed by atoms with van der Waals surface area (Å²) in [4.78, 5) is 4.26. The highest BCUT2D eigenvalue weighted by molar-refractivity contribution is 6.33. The molecule has 0 atom stereocenters. The molecule has 0 aliphatic heterocycles. The molecule has 0 saturated heterocycles. The van der Waals surface area contributed by atoms with Crippen molar-refractivity contribution in [2.24, 2.45) is 0 Å². The van der Waals surface area contributed by atoms with Crippen LogP contribution in [-0.4, -0.2) is 10.1 Å². The van der Waals surface area contributed by atoms with E-state index < -0.39 is 0 Å². The number of nitrogens with zero attached hydrogens (tertiary/aromatic N) is 2. The van der Waals surface area contributed by atoms with E-state index in [1.807, 2.05) is 6.07 Å². The molecule has 0 amide bonds. The SMILES string of the molecule is CCCc1noc(-c2cccc(Cl)c2N)n1. The van der Waals surface area contributed by atoms with Crippen LogP contribution in [0.3, 0.4) is 0 Å². The molecular weight excluding hydrogens is 226 g/mol. The van der Waals surface area contributed by atoms with E-state index in [0.717, 1.165) is 12.8 Å². The summed E-state index contributed by atoms with van der Waals surface area (Å²) in [6, 6.07) is 5.34. The Hall–Kier alpha value is -1.55. The molecule has 1 heterocycles. The highest BCUT2D eigenvalue weighted by Gasteiger charge is 2.12. The molecule has 4 nitrogen and oxygen atoms in total. The van der Waals surface area contributed by atoms with Gasteiger partial charge in [0.2, 0.25) is 0 Å². The molecule has 0 aliphatic rings. The van der Waals surface area contributed by atoms with Crippen LogP contribution < -0.4 is 5.73 Å². The monoisotopic (exact) mass is 237 g/mol. The van der Waals surface area contributed by atoms with Gasteiger partial charge >= 0.3 is 0 Å². The molecule has 0 unspecified atom stereocenters. The Morgan fingerprint density at radius 1 is 1.44 bits per heavy atom. The van der Waals surface area contributed by atoms with E-state index in [9.17, 15) is 0 Å². The normalized spacial score (nSPS) is 10.6. The van der Waals surface area contributed by atoms with E-state index in [4.69, 9.17) is 21.9 Å². The molecule has 2 aromatic rings. The van der Waals surface area contributed by atoms with E-state index in [1.165, 1.54) is 0 Å². The first kappa shape index (κ1) is 11.0. The van der Waals surface area contributed by atoms with E-state index in [1.54, 1.807) is 12.1 Å². The topological polar surface area (TPSA) is 64.9 Å². The lowest BCUT2D eigenvalue weighted by molar-refractivity contribution is 0.422. The van der Waals surface area contributed by atoms with E-state index in [2.05, 4.69) is 17.1 Å². The van der Waals surface area contributed by atoms with Crippen LogP contribution in [-0.2, 0) is 6.42 Å². The quantitative estimate of drug-likeness (QED) is 0.834. The summed E-state index contributed by atoms with van der Waals surface area (Å²) in [6.07, 6.45) is 1.77. The molecule has 84 valence electrons. The molecule has 2 N–H and O–H groups in total. The predicted molar refractivity (Wildman–Crippen MR) is 63.2 cm³/mol. The van der Waals surface area contributed by atoms with Crippen molar-refractivity contribution in [2.45, 2.75) is 19.8 Å². The Morgan fingerprint density at radius 2 is 2.25 bits per heavy atom. The fraction of sp³-hybridized carbons (Fsp3) is 0.273. The van der Waals surface area contributed by atoms with Gasteiger partial charge in [0.15, 0.2) is 5.82 Å². The smallest absolute Gasteiger partial charge is 0.260 e. The lowest BCUT2D eigenvalue weighted by Gasteiger charge is -2.01. The number of nitrogens with two attached hydrogens (primary N) is 1. The fourth-order valence-electron chi connectivity index (χ4n) is 1.41. The molecule has 0 fully saturated rings. The van der Waals surface area contributed by atoms with Gasteiger partial charge in [-0.15, -0.1) is 0 Å². The molecule has 0 radical (unpaired) electrons. The van der Waals surface area contributed by atoms with Crippen molar-refractivity contribution < 1.29 is 4.52 Å². The zero-order chi connectivity index (χ0) is 11.5. The molecule has 0 spiro atoms. The maximum Gasteiger partial charge on any atom is 0.260 e. The Kier molecular flexibility index (Phi) is 3.10. The van der Waals surface area contributed by atoms with Crippen molar-refractivity contribution in [1.82, 2.24) is 10.1 Å². The largest absolute Gasteiger partial charge is 0.397 e. The van der Waals surface area contributed by atoms with Crippen LogP contribution in [0.4, 0.5) is 5.69 Å². The van der Waals surface area contributed by atoms with Crippen molar-refractivity contribution in [2.75, 3.05) is 5.73 Å². The zero-order valence-electron chi connectivity index (χ0n) is 8.90. The maximum atomic E-state index is 5.92. The number of hydrogen-bond donors (Lipinski definition) is 1. The summed E-state index contributed by atoms with van der Waals surface area (Å²) in [5.41, 5.74) is 6.99. The molecule has 0 aliphatic carbocycles. The fourth-order valence-corrected chi connectivity index (χ4v) is 1.59. The van der Waals surface area contributed by atoms with Crippen molar-refractivity contribution in [3.8, 4) is 11.5 Å². The summed E-state index contributed by atoms with van der Waals surface area (Å²) in [5.74, 6) is 1.11. The lowest BCUT2D eigenvalue weighted by atomic mass is 10.2. The van der Waals surface area contributed by atoms with E-state index >= 15 is 0 Å². The number of halogens is 1. The number of benzene rings is 1. The molecule has 0 saturated carbocycles. The van der Waals surface area contributed by atoms with Gasteiger partial charge in [0.1, 0.15) is 0 Å². The standard InChI is InChI=1S/C11H12ClN3O/c1-2-4-9-14-11(16-15-9)7-5-3-6-8(12)10(7)13/h3,5-6H,2,4,13H2,1H3. The van der Waals surface area contributed by atoms with Crippen LogP contribution in [0.5, 0.6) is 0 Å². The van der Waals surface area contributed by atoms with Gasteiger partial charge in [0, 0.05) is 6.42 Å². The predicted octanol–water partition coefficient (Wildman–Crippen LogP) is 2.92. The lowest BCUT2D eigenvalue weighted by Crippen LogP contribution is -1.91. The van der Waals surface area contributed by atoms with Gasteiger partial charge in [-0.3, -0.25) is 0 Å². The summed E-state index contributed by atoms with van der Waals surface area (Å²) in [5, 5.41) is 4.36. The van der Waals surface area contributed by atoms with Gasteiger partial charge in [-0.1, -0.05) is 29.7 Å². The third-order valence-electron chi connectivity index (χ3n) is 2.23. The minimum Gasteiger partial charge on any atom is -0.397 e. The Morgan fingerprint density at radius 3 is 3.00 bits per heavy atom. The average Bonchev–Trinajstić information content (AvgIpc) is 2.71. The second kappa shape index (κ2) is 4.53. The first-order valence-corrected chi connectivity index (χ1v) is 5.47. The second-order valence-corrected chi connectivity index (χ2v) is 3.87. The first-order chi connectivity index (χ1) is 7.72.